The third-order valence-corrected chi connectivity index (χ3v) is 3.02. The van der Waals surface area contributed by atoms with E-state index in [1.165, 1.54) is 27.8 Å². The Bertz CT molecular complexity index is 478. The number of hydrogen-bond donors (Lipinski definition) is 0. The monoisotopic (exact) mass is 240 g/mol. The van der Waals surface area contributed by atoms with Crippen LogP contribution in [0.25, 0.3) is 0 Å². The summed E-state index contributed by atoms with van der Waals surface area (Å²) in [6.45, 7) is 10.5. The van der Waals surface area contributed by atoms with E-state index in [1.807, 2.05) is 13.8 Å². The van der Waals surface area contributed by atoms with Crippen LogP contribution in [0.4, 0.5) is 0 Å². The Kier molecular flexibility index (Phi) is 5.64. The third kappa shape index (κ3) is 4.03. The van der Waals surface area contributed by atoms with E-state index in [9.17, 15) is 0 Å². The van der Waals surface area contributed by atoms with Crippen LogP contribution in [0.15, 0.2) is 42.5 Å². The van der Waals surface area contributed by atoms with E-state index in [-0.39, 0.29) is 0 Å². The molecule has 0 aliphatic heterocycles. The zero-order chi connectivity index (χ0) is 13.5. The maximum absolute atomic E-state index is 2.29. The van der Waals surface area contributed by atoms with Crippen LogP contribution < -0.4 is 0 Å². The SMILES string of the molecule is CC.Cc1ccc(Cc2cc(C)ccc2C)cc1. The van der Waals surface area contributed by atoms with Crippen LogP contribution in [-0.4, -0.2) is 0 Å². The maximum Gasteiger partial charge on any atom is -0.00230 e. The average molecular weight is 240 g/mol. The molecule has 2 aromatic carbocycles. The van der Waals surface area contributed by atoms with Crippen molar-refractivity contribution in [1.82, 2.24) is 0 Å². The molecule has 0 saturated carbocycles. The summed E-state index contributed by atoms with van der Waals surface area (Å²) in [7, 11) is 0. The fourth-order valence-electron chi connectivity index (χ4n) is 1.92. The van der Waals surface area contributed by atoms with Crippen molar-refractivity contribution in [2.24, 2.45) is 0 Å². The van der Waals surface area contributed by atoms with Gasteiger partial charge in [0.2, 0.25) is 0 Å². The molecule has 0 heteroatoms. The van der Waals surface area contributed by atoms with Gasteiger partial charge in [-0.15, -0.1) is 0 Å². The molecule has 0 radical (unpaired) electrons. The van der Waals surface area contributed by atoms with Crippen LogP contribution in [0, 0.1) is 20.8 Å². The molecule has 0 nitrogen and oxygen atoms in total. The molecule has 0 unspecified atom stereocenters. The van der Waals surface area contributed by atoms with E-state index >= 15 is 0 Å². The summed E-state index contributed by atoms with van der Waals surface area (Å²) >= 11 is 0. The molecule has 0 spiro atoms. The first-order valence-electron chi connectivity index (χ1n) is 6.77. The van der Waals surface area contributed by atoms with Gasteiger partial charge in [-0.2, -0.15) is 0 Å². The Hall–Kier alpha value is -1.56. The summed E-state index contributed by atoms with van der Waals surface area (Å²) in [4.78, 5) is 0. The first-order chi connectivity index (χ1) is 8.65. The van der Waals surface area contributed by atoms with Crippen LogP contribution in [0.2, 0.25) is 0 Å². The van der Waals surface area contributed by atoms with Crippen molar-refractivity contribution in [3.63, 3.8) is 0 Å². The van der Waals surface area contributed by atoms with Gasteiger partial charge in [-0.1, -0.05) is 67.4 Å². The molecule has 0 atom stereocenters. The zero-order valence-corrected chi connectivity index (χ0v) is 12.2. The zero-order valence-electron chi connectivity index (χ0n) is 12.2. The van der Waals surface area contributed by atoms with Gasteiger partial charge in [0.1, 0.15) is 0 Å². The van der Waals surface area contributed by atoms with E-state index in [4.69, 9.17) is 0 Å². The molecular weight excluding hydrogens is 216 g/mol. The Labute approximate surface area is 112 Å². The van der Waals surface area contributed by atoms with Crippen LogP contribution >= 0.6 is 0 Å². The minimum absolute atomic E-state index is 1.04. The van der Waals surface area contributed by atoms with E-state index in [1.54, 1.807) is 0 Å². The minimum Gasteiger partial charge on any atom is -0.0683 e. The first-order valence-corrected chi connectivity index (χ1v) is 6.77. The van der Waals surface area contributed by atoms with Crippen LogP contribution in [0.5, 0.6) is 0 Å². The van der Waals surface area contributed by atoms with E-state index < -0.39 is 0 Å². The topological polar surface area (TPSA) is 0 Å². The number of benzene rings is 2. The summed E-state index contributed by atoms with van der Waals surface area (Å²) in [5, 5.41) is 0. The molecule has 0 aliphatic carbocycles. The molecule has 2 aromatic rings. The van der Waals surface area contributed by atoms with E-state index in [2.05, 4.69) is 63.2 Å². The fraction of sp³-hybridized carbons (Fsp3) is 0.333. The first kappa shape index (κ1) is 14.5. The van der Waals surface area contributed by atoms with Gasteiger partial charge in [0.05, 0.1) is 0 Å². The standard InChI is InChI=1S/C16H18.C2H6/c1-12-5-8-15(9-6-12)11-16-10-13(2)4-7-14(16)3;1-2/h4-10H,11H2,1-3H3;1-2H3. The Morgan fingerprint density at radius 1 is 0.722 bits per heavy atom. The van der Waals surface area contributed by atoms with Crippen LogP contribution in [-0.2, 0) is 6.42 Å². The highest BCUT2D eigenvalue weighted by Gasteiger charge is 2.00. The van der Waals surface area contributed by atoms with Crippen LogP contribution in [0.1, 0.15) is 41.7 Å². The summed E-state index contributed by atoms with van der Waals surface area (Å²) in [6, 6.07) is 15.5. The lowest BCUT2D eigenvalue weighted by molar-refractivity contribution is 1.14. The van der Waals surface area contributed by atoms with Crippen molar-refractivity contribution >= 4 is 0 Å². The molecule has 0 bridgehead atoms. The normalized spacial score (nSPS) is 9.61. The average Bonchev–Trinajstić information content (AvgIpc) is 2.39. The second kappa shape index (κ2) is 7.00. The van der Waals surface area contributed by atoms with Crippen LogP contribution in [0.3, 0.4) is 0 Å². The lowest BCUT2D eigenvalue weighted by Crippen LogP contribution is -1.92. The van der Waals surface area contributed by atoms with E-state index in [0.717, 1.165) is 6.42 Å². The molecule has 0 amide bonds. The van der Waals surface area contributed by atoms with Crippen molar-refractivity contribution in [1.29, 1.82) is 0 Å². The Balaban J connectivity index is 0.000000771. The van der Waals surface area contributed by atoms with Crippen molar-refractivity contribution in [3.8, 4) is 0 Å². The van der Waals surface area contributed by atoms with Crippen molar-refractivity contribution in [2.45, 2.75) is 41.0 Å². The Morgan fingerprint density at radius 2 is 1.28 bits per heavy atom. The molecular formula is C18H24. The van der Waals surface area contributed by atoms with Gasteiger partial charge < -0.3 is 0 Å². The fourth-order valence-corrected chi connectivity index (χ4v) is 1.92. The summed E-state index contributed by atoms with van der Waals surface area (Å²) in [5.41, 5.74) is 6.87. The smallest absolute Gasteiger partial charge is 0.00230 e. The van der Waals surface area contributed by atoms with Gasteiger partial charge in [0, 0.05) is 0 Å². The van der Waals surface area contributed by atoms with Gasteiger partial charge in [-0.25, -0.2) is 0 Å². The van der Waals surface area contributed by atoms with Gasteiger partial charge >= 0.3 is 0 Å². The molecule has 0 heterocycles. The molecule has 2 rings (SSSR count). The van der Waals surface area contributed by atoms with Gasteiger partial charge in [0.25, 0.3) is 0 Å². The van der Waals surface area contributed by atoms with Crippen molar-refractivity contribution in [2.75, 3.05) is 0 Å². The maximum atomic E-state index is 2.29. The predicted molar refractivity (Wildman–Crippen MR) is 81.2 cm³/mol. The van der Waals surface area contributed by atoms with Gasteiger partial charge in [-0.05, 0) is 43.9 Å². The van der Waals surface area contributed by atoms with Gasteiger partial charge in [0.15, 0.2) is 0 Å². The lowest BCUT2D eigenvalue weighted by Gasteiger charge is -2.07. The summed E-state index contributed by atoms with van der Waals surface area (Å²) in [5.74, 6) is 0. The molecule has 96 valence electrons. The lowest BCUT2D eigenvalue weighted by atomic mass is 9.98. The highest BCUT2D eigenvalue weighted by atomic mass is 14.1. The minimum atomic E-state index is 1.04. The summed E-state index contributed by atoms with van der Waals surface area (Å²) < 4.78 is 0. The quantitative estimate of drug-likeness (QED) is 0.674. The summed E-state index contributed by atoms with van der Waals surface area (Å²) in [6.07, 6.45) is 1.04. The second-order valence-corrected chi connectivity index (χ2v) is 4.59. The molecule has 0 N–H and O–H groups in total. The Morgan fingerprint density at radius 3 is 1.89 bits per heavy atom. The van der Waals surface area contributed by atoms with E-state index in [0.29, 0.717) is 0 Å². The third-order valence-electron chi connectivity index (χ3n) is 3.02. The second-order valence-electron chi connectivity index (χ2n) is 4.59. The number of aryl methyl sites for hydroxylation is 3. The largest absolute Gasteiger partial charge is 0.0683 e. The molecule has 0 aromatic heterocycles. The molecule has 0 saturated heterocycles. The predicted octanol–water partition coefficient (Wildman–Crippen LogP) is 5.23. The molecule has 0 aliphatic rings. The van der Waals surface area contributed by atoms with Crippen molar-refractivity contribution < 1.29 is 0 Å². The van der Waals surface area contributed by atoms with Crippen molar-refractivity contribution in [3.05, 3.63) is 70.3 Å². The highest BCUT2D eigenvalue weighted by molar-refractivity contribution is 5.35. The van der Waals surface area contributed by atoms with Gasteiger partial charge in [-0.3, -0.25) is 0 Å². The number of hydrogen-bond acceptors (Lipinski definition) is 0. The number of rotatable bonds is 2. The highest BCUT2D eigenvalue weighted by Crippen LogP contribution is 2.16. The molecule has 18 heavy (non-hydrogen) atoms. The molecule has 0 fully saturated rings.